The fraction of sp³-hybridized carbons (Fsp3) is 0.0500. The summed E-state index contributed by atoms with van der Waals surface area (Å²) in [6.07, 6.45) is 1.46. The second kappa shape index (κ2) is 7.48. The molecular formula is C20H16N2O4. The molecule has 6 nitrogen and oxygen atoms in total. The van der Waals surface area contributed by atoms with E-state index < -0.39 is 22.9 Å². The number of Topliss-reactive ketones (excluding diaryl/α,β-unsaturated/α-hetero) is 1. The number of carbonyl (C=O) groups excluding carboxylic acids is 2. The summed E-state index contributed by atoms with van der Waals surface area (Å²) in [6.45, 7) is -0.0645. The van der Waals surface area contributed by atoms with Crippen LogP contribution in [0.5, 0.6) is 0 Å². The number of nitrogen functional groups attached to an aromatic ring is 1. The Morgan fingerprint density at radius 3 is 2.19 bits per heavy atom. The highest BCUT2D eigenvalue weighted by Gasteiger charge is 2.25. The second-order valence-corrected chi connectivity index (χ2v) is 5.55. The molecule has 6 heteroatoms. The number of ketones is 1. The first kappa shape index (κ1) is 17.2. The molecule has 0 aliphatic heterocycles. The van der Waals surface area contributed by atoms with Gasteiger partial charge in [0, 0.05) is 11.9 Å². The van der Waals surface area contributed by atoms with Crippen LogP contribution in [-0.4, -0.2) is 16.3 Å². The van der Waals surface area contributed by atoms with Crippen molar-refractivity contribution in [2.45, 2.75) is 6.61 Å². The van der Waals surface area contributed by atoms with Crippen molar-refractivity contribution in [2.75, 3.05) is 5.73 Å². The van der Waals surface area contributed by atoms with Gasteiger partial charge in [0.15, 0.2) is 0 Å². The van der Waals surface area contributed by atoms with Crippen molar-refractivity contribution in [3.05, 3.63) is 94.4 Å². The van der Waals surface area contributed by atoms with Crippen molar-refractivity contribution >= 4 is 17.4 Å². The number of carbonyl (C=O) groups is 2. The van der Waals surface area contributed by atoms with Crippen LogP contribution in [0.4, 0.5) is 5.69 Å². The number of ether oxygens (including phenoxy) is 1. The van der Waals surface area contributed by atoms with E-state index in [9.17, 15) is 14.4 Å². The van der Waals surface area contributed by atoms with E-state index in [1.165, 1.54) is 16.8 Å². The van der Waals surface area contributed by atoms with Gasteiger partial charge in [0.05, 0.1) is 5.69 Å². The van der Waals surface area contributed by atoms with Gasteiger partial charge in [0.1, 0.15) is 12.2 Å². The monoisotopic (exact) mass is 348 g/mol. The SMILES string of the molecule is Nc1ccn(-c2ccccc2)c(=O)c1C(=O)C(=O)OCc1ccccc1. The molecule has 130 valence electrons. The number of pyridine rings is 1. The molecule has 2 N–H and O–H groups in total. The van der Waals surface area contributed by atoms with E-state index >= 15 is 0 Å². The molecule has 26 heavy (non-hydrogen) atoms. The topological polar surface area (TPSA) is 91.4 Å². The second-order valence-electron chi connectivity index (χ2n) is 5.55. The Morgan fingerprint density at radius 2 is 1.54 bits per heavy atom. The molecule has 0 atom stereocenters. The van der Waals surface area contributed by atoms with Crippen LogP contribution in [0.1, 0.15) is 15.9 Å². The van der Waals surface area contributed by atoms with E-state index in [2.05, 4.69) is 0 Å². The number of aromatic nitrogens is 1. The van der Waals surface area contributed by atoms with E-state index in [0.29, 0.717) is 5.69 Å². The highest BCUT2D eigenvalue weighted by atomic mass is 16.5. The maximum atomic E-state index is 12.7. The Hall–Kier alpha value is -3.67. The Morgan fingerprint density at radius 1 is 0.923 bits per heavy atom. The fourth-order valence-electron chi connectivity index (χ4n) is 2.46. The number of nitrogens with two attached hydrogens (primary N) is 1. The largest absolute Gasteiger partial charge is 0.455 e. The minimum atomic E-state index is -1.12. The highest BCUT2D eigenvalue weighted by molar-refractivity contribution is 6.41. The Labute approximate surface area is 149 Å². The normalized spacial score (nSPS) is 10.3. The van der Waals surface area contributed by atoms with Crippen LogP contribution >= 0.6 is 0 Å². The van der Waals surface area contributed by atoms with Crippen molar-refractivity contribution in [2.24, 2.45) is 0 Å². The third-order valence-electron chi connectivity index (χ3n) is 3.78. The standard InChI is InChI=1S/C20H16N2O4/c21-16-11-12-22(15-9-5-2-6-10-15)19(24)17(16)18(23)20(25)26-13-14-7-3-1-4-8-14/h1-12H,13,21H2. The summed E-state index contributed by atoms with van der Waals surface area (Å²) in [6, 6.07) is 19.1. The van der Waals surface area contributed by atoms with Crippen molar-refractivity contribution < 1.29 is 14.3 Å². The lowest BCUT2D eigenvalue weighted by Gasteiger charge is -2.10. The third-order valence-corrected chi connectivity index (χ3v) is 3.78. The quantitative estimate of drug-likeness (QED) is 0.434. The first-order valence-electron chi connectivity index (χ1n) is 7.90. The van der Waals surface area contributed by atoms with Crippen molar-refractivity contribution in [1.29, 1.82) is 0 Å². The number of rotatable bonds is 5. The molecule has 3 aromatic rings. The minimum Gasteiger partial charge on any atom is -0.455 e. The molecule has 3 rings (SSSR count). The van der Waals surface area contributed by atoms with Gasteiger partial charge in [0.2, 0.25) is 0 Å². The molecule has 0 saturated carbocycles. The van der Waals surface area contributed by atoms with Crippen molar-refractivity contribution in [1.82, 2.24) is 4.57 Å². The van der Waals surface area contributed by atoms with Gasteiger partial charge in [-0.3, -0.25) is 14.2 Å². The Balaban J connectivity index is 1.87. The summed E-state index contributed by atoms with van der Waals surface area (Å²) in [4.78, 5) is 37.2. The number of benzene rings is 2. The average Bonchev–Trinajstić information content (AvgIpc) is 2.67. The van der Waals surface area contributed by atoms with Gasteiger partial charge < -0.3 is 10.5 Å². The van der Waals surface area contributed by atoms with Crippen LogP contribution in [-0.2, 0) is 16.1 Å². The van der Waals surface area contributed by atoms with E-state index in [0.717, 1.165) is 5.56 Å². The van der Waals surface area contributed by atoms with Gasteiger partial charge in [-0.15, -0.1) is 0 Å². The van der Waals surface area contributed by atoms with Gasteiger partial charge in [-0.05, 0) is 23.8 Å². The Kier molecular flexibility index (Phi) is 4.94. The van der Waals surface area contributed by atoms with Gasteiger partial charge >= 0.3 is 5.97 Å². The third kappa shape index (κ3) is 3.54. The molecule has 0 spiro atoms. The van der Waals surface area contributed by atoms with E-state index in [4.69, 9.17) is 10.5 Å². The first-order chi connectivity index (χ1) is 12.6. The average molecular weight is 348 g/mol. The summed E-state index contributed by atoms with van der Waals surface area (Å²) in [5, 5.41) is 0. The van der Waals surface area contributed by atoms with E-state index in [1.54, 1.807) is 54.6 Å². The van der Waals surface area contributed by atoms with Crippen LogP contribution in [0.25, 0.3) is 5.69 Å². The minimum absolute atomic E-state index is 0.0645. The maximum Gasteiger partial charge on any atom is 0.380 e. The summed E-state index contributed by atoms with van der Waals surface area (Å²) in [7, 11) is 0. The van der Waals surface area contributed by atoms with Crippen LogP contribution in [0, 0.1) is 0 Å². The van der Waals surface area contributed by atoms with Crippen molar-refractivity contribution in [3.63, 3.8) is 0 Å². The molecule has 0 unspecified atom stereocenters. The van der Waals surface area contributed by atoms with E-state index in [1.807, 2.05) is 6.07 Å². The maximum absolute atomic E-state index is 12.7. The van der Waals surface area contributed by atoms with Gasteiger partial charge in [-0.25, -0.2) is 4.79 Å². The van der Waals surface area contributed by atoms with Crippen LogP contribution in [0.15, 0.2) is 77.7 Å². The lowest BCUT2D eigenvalue weighted by atomic mass is 10.1. The molecule has 0 radical (unpaired) electrons. The number of esters is 1. The van der Waals surface area contributed by atoms with Crippen molar-refractivity contribution in [3.8, 4) is 5.69 Å². The summed E-state index contributed by atoms with van der Waals surface area (Å²) < 4.78 is 6.27. The summed E-state index contributed by atoms with van der Waals surface area (Å²) >= 11 is 0. The zero-order valence-corrected chi connectivity index (χ0v) is 13.8. The molecule has 0 amide bonds. The van der Waals surface area contributed by atoms with Gasteiger partial charge in [-0.2, -0.15) is 0 Å². The molecule has 2 aromatic carbocycles. The number of nitrogens with zero attached hydrogens (tertiary/aromatic N) is 1. The molecular weight excluding hydrogens is 332 g/mol. The predicted molar refractivity (Wildman–Crippen MR) is 97.0 cm³/mol. The highest BCUT2D eigenvalue weighted by Crippen LogP contribution is 2.12. The first-order valence-corrected chi connectivity index (χ1v) is 7.90. The Bertz CT molecular complexity index is 995. The van der Waals surface area contributed by atoms with E-state index in [-0.39, 0.29) is 12.3 Å². The number of hydrogen-bond donors (Lipinski definition) is 1. The predicted octanol–water partition coefficient (Wildman–Crippen LogP) is 2.35. The van der Waals surface area contributed by atoms with Crippen LogP contribution < -0.4 is 11.3 Å². The van der Waals surface area contributed by atoms with Crippen LogP contribution in [0.2, 0.25) is 0 Å². The number of hydrogen-bond acceptors (Lipinski definition) is 5. The molecule has 0 fully saturated rings. The molecule has 0 bridgehead atoms. The van der Waals surface area contributed by atoms with Gasteiger partial charge in [-0.1, -0.05) is 48.5 Å². The van der Waals surface area contributed by atoms with Gasteiger partial charge in [0.25, 0.3) is 11.3 Å². The van der Waals surface area contributed by atoms with Crippen LogP contribution in [0.3, 0.4) is 0 Å². The zero-order chi connectivity index (χ0) is 18.5. The molecule has 1 aromatic heterocycles. The fourth-order valence-corrected chi connectivity index (χ4v) is 2.46. The lowest BCUT2D eigenvalue weighted by molar-refractivity contribution is -0.139. The molecule has 1 heterocycles. The number of anilines is 1. The summed E-state index contributed by atoms with van der Waals surface area (Å²) in [5.74, 6) is -2.18. The molecule has 0 aliphatic carbocycles. The molecule has 0 aliphatic rings. The molecule has 0 saturated heterocycles. The number of para-hydroxylation sites is 1. The lowest BCUT2D eigenvalue weighted by Crippen LogP contribution is -2.30. The summed E-state index contributed by atoms with van der Waals surface area (Å²) in [5.41, 5.74) is 5.94. The zero-order valence-electron chi connectivity index (χ0n) is 13.8. The smallest absolute Gasteiger partial charge is 0.380 e.